The number of primary amides is 1. The standard InChI is InChI=1S/C20H22ClN3O4S/c21-16-6-8-18(9-7-16)29(27,28)24(17-4-2-1-3-5-17)14-19(25)23-12-10-15(11-13-23)20(22)26/h1-9,15H,10-14H2,(H2,22,26). The molecule has 7 nitrogen and oxygen atoms in total. The summed E-state index contributed by atoms with van der Waals surface area (Å²) in [6.45, 7) is 0.405. The summed E-state index contributed by atoms with van der Waals surface area (Å²) in [6.07, 6.45) is 0.965. The van der Waals surface area contributed by atoms with Gasteiger partial charge in [0.2, 0.25) is 11.8 Å². The molecule has 0 saturated carbocycles. The molecule has 0 spiro atoms. The maximum absolute atomic E-state index is 13.3. The fraction of sp³-hybridized carbons (Fsp3) is 0.300. The first-order chi connectivity index (χ1) is 13.8. The van der Waals surface area contributed by atoms with E-state index in [1.807, 2.05) is 0 Å². The number of amides is 2. The average Bonchev–Trinajstić information content (AvgIpc) is 2.72. The Bertz CT molecular complexity index is 973. The van der Waals surface area contributed by atoms with Crippen LogP contribution in [0.3, 0.4) is 0 Å². The number of nitrogens with zero attached hydrogens (tertiary/aromatic N) is 2. The molecule has 1 saturated heterocycles. The van der Waals surface area contributed by atoms with Gasteiger partial charge in [-0.2, -0.15) is 0 Å². The lowest BCUT2D eigenvalue weighted by Gasteiger charge is -2.33. The van der Waals surface area contributed by atoms with Gasteiger partial charge in [-0.1, -0.05) is 29.8 Å². The molecule has 2 aromatic carbocycles. The van der Waals surface area contributed by atoms with Crippen molar-refractivity contribution in [3.8, 4) is 0 Å². The highest BCUT2D eigenvalue weighted by molar-refractivity contribution is 7.92. The second kappa shape index (κ2) is 8.84. The van der Waals surface area contributed by atoms with Gasteiger partial charge in [0.25, 0.3) is 10.0 Å². The average molecular weight is 436 g/mol. The molecule has 9 heteroatoms. The van der Waals surface area contributed by atoms with E-state index in [-0.39, 0.29) is 29.2 Å². The normalized spacial score (nSPS) is 15.1. The van der Waals surface area contributed by atoms with Crippen molar-refractivity contribution in [3.63, 3.8) is 0 Å². The third-order valence-corrected chi connectivity index (χ3v) is 7.01. The Morgan fingerprint density at radius 2 is 1.62 bits per heavy atom. The van der Waals surface area contributed by atoms with E-state index in [1.165, 1.54) is 24.3 Å². The van der Waals surface area contributed by atoms with Gasteiger partial charge in [0.1, 0.15) is 6.54 Å². The maximum Gasteiger partial charge on any atom is 0.264 e. The minimum absolute atomic E-state index is 0.0472. The van der Waals surface area contributed by atoms with Crippen LogP contribution in [0.5, 0.6) is 0 Å². The van der Waals surface area contributed by atoms with Crippen LogP contribution in [-0.2, 0) is 19.6 Å². The number of para-hydroxylation sites is 1. The molecule has 1 aliphatic rings. The van der Waals surface area contributed by atoms with Crippen molar-refractivity contribution in [1.29, 1.82) is 0 Å². The summed E-state index contributed by atoms with van der Waals surface area (Å²) in [6, 6.07) is 14.3. The van der Waals surface area contributed by atoms with Gasteiger partial charge in [-0.05, 0) is 49.2 Å². The molecule has 2 N–H and O–H groups in total. The zero-order valence-electron chi connectivity index (χ0n) is 15.7. The van der Waals surface area contributed by atoms with Gasteiger partial charge in [0.15, 0.2) is 0 Å². The molecule has 1 fully saturated rings. The zero-order chi connectivity index (χ0) is 21.0. The molecule has 154 valence electrons. The van der Waals surface area contributed by atoms with E-state index in [9.17, 15) is 18.0 Å². The summed E-state index contributed by atoms with van der Waals surface area (Å²) < 4.78 is 27.6. The smallest absolute Gasteiger partial charge is 0.264 e. The topological polar surface area (TPSA) is 101 Å². The Morgan fingerprint density at radius 1 is 1.03 bits per heavy atom. The van der Waals surface area contributed by atoms with Crippen LogP contribution in [0.2, 0.25) is 5.02 Å². The Hall–Kier alpha value is -2.58. The first-order valence-corrected chi connectivity index (χ1v) is 11.0. The first-order valence-electron chi connectivity index (χ1n) is 9.19. The third kappa shape index (κ3) is 4.89. The molecule has 0 atom stereocenters. The molecule has 1 aliphatic heterocycles. The van der Waals surface area contributed by atoms with Gasteiger partial charge < -0.3 is 10.6 Å². The van der Waals surface area contributed by atoms with Gasteiger partial charge in [-0.25, -0.2) is 8.42 Å². The number of carbonyl (C=O) groups is 2. The fourth-order valence-electron chi connectivity index (χ4n) is 3.28. The number of likely N-dealkylation sites (tertiary alicyclic amines) is 1. The number of benzene rings is 2. The van der Waals surface area contributed by atoms with E-state index in [2.05, 4.69) is 0 Å². The van der Waals surface area contributed by atoms with Gasteiger partial charge in [-0.15, -0.1) is 0 Å². The van der Waals surface area contributed by atoms with Crippen molar-refractivity contribution in [2.75, 3.05) is 23.9 Å². The molecule has 2 amide bonds. The molecule has 0 aliphatic carbocycles. The molecular formula is C20H22ClN3O4S. The summed E-state index contributed by atoms with van der Waals surface area (Å²) in [7, 11) is -3.98. The predicted molar refractivity (Wildman–Crippen MR) is 111 cm³/mol. The summed E-state index contributed by atoms with van der Waals surface area (Å²) in [5.74, 6) is -0.940. The summed E-state index contributed by atoms with van der Waals surface area (Å²) in [4.78, 5) is 25.8. The van der Waals surface area contributed by atoms with Crippen LogP contribution in [0.25, 0.3) is 0 Å². The number of nitrogens with two attached hydrogens (primary N) is 1. The quantitative estimate of drug-likeness (QED) is 0.751. The van der Waals surface area contributed by atoms with Crippen molar-refractivity contribution < 1.29 is 18.0 Å². The number of carbonyl (C=O) groups excluding carboxylic acids is 2. The maximum atomic E-state index is 13.3. The Morgan fingerprint density at radius 3 is 2.17 bits per heavy atom. The highest BCUT2D eigenvalue weighted by atomic mass is 35.5. The number of sulfonamides is 1. The molecule has 0 radical (unpaired) electrons. The third-order valence-electron chi connectivity index (χ3n) is 4.97. The molecular weight excluding hydrogens is 414 g/mol. The Balaban J connectivity index is 1.84. The van der Waals surface area contributed by atoms with Crippen molar-refractivity contribution in [3.05, 3.63) is 59.6 Å². The van der Waals surface area contributed by atoms with E-state index in [0.29, 0.717) is 36.6 Å². The number of piperidine rings is 1. The van der Waals surface area contributed by atoms with Crippen LogP contribution < -0.4 is 10.0 Å². The lowest BCUT2D eigenvalue weighted by Crippen LogP contribution is -2.47. The van der Waals surface area contributed by atoms with Crippen LogP contribution in [0.15, 0.2) is 59.5 Å². The van der Waals surface area contributed by atoms with Crippen molar-refractivity contribution in [2.45, 2.75) is 17.7 Å². The Kier molecular flexibility index (Phi) is 6.44. The zero-order valence-corrected chi connectivity index (χ0v) is 17.3. The van der Waals surface area contributed by atoms with Crippen molar-refractivity contribution in [2.24, 2.45) is 11.7 Å². The molecule has 1 heterocycles. The van der Waals surface area contributed by atoms with E-state index in [0.717, 1.165) is 4.31 Å². The summed E-state index contributed by atoms with van der Waals surface area (Å²) >= 11 is 5.88. The van der Waals surface area contributed by atoms with E-state index < -0.39 is 10.0 Å². The number of anilines is 1. The van der Waals surface area contributed by atoms with Crippen LogP contribution in [0.4, 0.5) is 5.69 Å². The summed E-state index contributed by atoms with van der Waals surface area (Å²) in [5, 5.41) is 0.420. The van der Waals surface area contributed by atoms with E-state index >= 15 is 0 Å². The van der Waals surface area contributed by atoms with Crippen molar-refractivity contribution >= 4 is 39.1 Å². The number of halogens is 1. The highest BCUT2D eigenvalue weighted by Crippen LogP contribution is 2.25. The second-order valence-corrected chi connectivity index (χ2v) is 9.16. The molecule has 0 unspecified atom stereocenters. The molecule has 3 rings (SSSR count). The molecule has 0 bridgehead atoms. The monoisotopic (exact) mass is 435 g/mol. The van der Waals surface area contributed by atoms with Crippen LogP contribution in [0, 0.1) is 5.92 Å². The minimum atomic E-state index is -3.98. The van der Waals surface area contributed by atoms with Gasteiger partial charge >= 0.3 is 0 Å². The van der Waals surface area contributed by atoms with Crippen molar-refractivity contribution in [1.82, 2.24) is 4.90 Å². The largest absolute Gasteiger partial charge is 0.369 e. The summed E-state index contributed by atoms with van der Waals surface area (Å²) in [5.41, 5.74) is 5.73. The number of hydrogen-bond acceptors (Lipinski definition) is 4. The van der Waals surface area contributed by atoms with Gasteiger partial charge in [-0.3, -0.25) is 13.9 Å². The van der Waals surface area contributed by atoms with Crippen LogP contribution in [-0.4, -0.2) is 44.8 Å². The number of rotatable bonds is 6. The second-order valence-electron chi connectivity index (χ2n) is 6.86. The van der Waals surface area contributed by atoms with Gasteiger partial charge in [0.05, 0.1) is 10.6 Å². The van der Waals surface area contributed by atoms with E-state index in [1.54, 1.807) is 35.2 Å². The minimum Gasteiger partial charge on any atom is -0.369 e. The van der Waals surface area contributed by atoms with Crippen LogP contribution >= 0.6 is 11.6 Å². The first kappa shape index (κ1) is 21.1. The lowest BCUT2D eigenvalue weighted by atomic mass is 9.96. The molecule has 29 heavy (non-hydrogen) atoms. The van der Waals surface area contributed by atoms with Gasteiger partial charge in [0, 0.05) is 24.0 Å². The predicted octanol–water partition coefficient (Wildman–Crippen LogP) is 2.26. The van der Waals surface area contributed by atoms with Crippen LogP contribution in [0.1, 0.15) is 12.8 Å². The van der Waals surface area contributed by atoms with E-state index in [4.69, 9.17) is 17.3 Å². The molecule has 0 aromatic heterocycles. The Labute approximate surface area is 175 Å². The lowest BCUT2D eigenvalue weighted by molar-refractivity contribution is -0.133. The molecule has 2 aromatic rings. The SMILES string of the molecule is NC(=O)C1CCN(C(=O)CN(c2ccccc2)S(=O)(=O)c2ccc(Cl)cc2)CC1. The highest BCUT2D eigenvalue weighted by Gasteiger charge is 2.31. The fourth-order valence-corrected chi connectivity index (χ4v) is 4.82. The number of hydrogen-bond donors (Lipinski definition) is 1.